The maximum absolute atomic E-state index is 11.5. The van der Waals surface area contributed by atoms with Gasteiger partial charge in [0.1, 0.15) is 11.8 Å². The van der Waals surface area contributed by atoms with Crippen LogP contribution in [0.3, 0.4) is 0 Å². The van der Waals surface area contributed by atoms with Gasteiger partial charge in [-0.3, -0.25) is 0 Å². The molecular weight excluding hydrogens is 412 g/mol. The van der Waals surface area contributed by atoms with Crippen molar-refractivity contribution in [1.29, 1.82) is 5.26 Å². The molecule has 0 atom stereocenters. The fraction of sp³-hybridized carbons (Fsp3) is 0.300. The molecule has 0 aliphatic heterocycles. The first-order valence-electron chi connectivity index (χ1n) is 4.92. The van der Waals surface area contributed by atoms with E-state index in [2.05, 4.69) is 4.89 Å². The van der Waals surface area contributed by atoms with E-state index in [1.165, 1.54) is 0 Å². The van der Waals surface area contributed by atoms with Gasteiger partial charge in [-0.15, -0.1) is 0 Å². The molecule has 1 rings (SSSR count). The van der Waals surface area contributed by atoms with Crippen LogP contribution >= 0.6 is 22.6 Å². The summed E-state index contributed by atoms with van der Waals surface area (Å²) < 4.78 is 28.1. The first-order chi connectivity index (χ1) is 8.93. The summed E-state index contributed by atoms with van der Waals surface area (Å²) in [7, 11) is -3.82. The Balaban J connectivity index is 0.00000361. The second-order valence-corrected chi connectivity index (χ2v) is 6.15. The minimum absolute atomic E-state index is 0. The van der Waals surface area contributed by atoms with Crippen molar-refractivity contribution in [2.24, 2.45) is 0 Å². The molecule has 10 heteroatoms. The van der Waals surface area contributed by atoms with Crippen LogP contribution in [-0.2, 0) is 21.6 Å². The van der Waals surface area contributed by atoms with Crippen molar-refractivity contribution >= 4 is 32.7 Å². The second-order valence-electron chi connectivity index (χ2n) is 3.39. The summed E-state index contributed by atoms with van der Waals surface area (Å²) in [6.45, 7) is -0.443. The molecule has 1 aromatic carbocycles. The molecule has 0 heterocycles. The Hall–Kier alpha value is -0.0900. The quantitative estimate of drug-likeness (QED) is 0.132. The van der Waals surface area contributed by atoms with Crippen molar-refractivity contribution in [2.45, 2.75) is 6.61 Å². The summed E-state index contributed by atoms with van der Waals surface area (Å²) in [4.78, 5) is 3.61. The molecule has 0 unspecified atom stereocenters. The average molecular weight is 421 g/mol. The first-order valence-corrected chi connectivity index (χ1v) is 8.02. The Bertz CT molecular complexity index is 601. The van der Waals surface area contributed by atoms with Crippen LogP contribution in [0.5, 0.6) is 11.5 Å². The Labute approximate surface area is 152 Å². The summed E-state index contributed by atoms with van der Waals surface area (Å²) in [5.74, 6) is -0.876. The number of benzene rings is 1. The van der Waals surface area contributed by atoms with Crippen LogP contribution in [0.1, 0.15) is 11.1 Å². The van der Waals surface area contributed by atoms with Gasteiger partial charge < -0.3 is 19.4 Å². The first kappa shape index (κ1) is 19.9. The molecule has 0 radical (unpaired) electrons. The van der Waals surface area contributed by atoms with Gasteiger partial charge in [0.15, 0.2) is 5.75 Å². The van der Waals surface area contributed by atoms with Gasteiger partial charge in [-0.05, 0) is 6.07 Å². The fourth-order valence-corrected chi connectivity index (χ4v) is 3.52. The minimum Gasteiger partial charge on any atom is -0.723 e. The van der Waals surface area contributed by atoms with E-state index in [1.807, 2.05) is 22.6 Å². The predicted octanol–water partition coefficient (Wildman–Crippen LogP) is -2.80. The topological polar surface area (TPSA) is 120 Å². The van der Waals surface area contributed by atoms with Gasteiger partial charge in [-0.25, -0.2) is 0 Å². The zero-order chi connectivity index (χ0) is 14.5. The summed E-state index contributed by atoms with van der Waals surface area (Å²) >= 11 is 1.87. The number of alkyl halides is 1. The maximum Gasteiger partial charge on any atom is 1.00 e. The zero-order valence-electron chi connectivity index (χ0n) is 10.5. The number of phenolic OH excluding ortho intramolecular Hbond substituents is 1. The number of hydrogen-bond donors (Lipinski definition) is 1. The van der Waals surface area contributed by atoms with E-state index in [4.69, 9.17) is 9.44 Å². The molecule has 0 aliphatic carbocycles. The zero-order valence-corrected chi connectivity index (χ0v) is 15.5. The summed E-state index contributed by atoms with van der Waals surface area (Å²) in [6.07, 6.45) is 0. The molecular formula is C10H9INNaO6S. The van der Waals surface area contributed by atoms with Crippen LogP contribution in [0.2, 0.25) is 0 Å². The van der Waals surface area contributed by atoms with Crippen molar-refractivity contribution in [2.75, 3.05) is 10.2 Å². The summed E-state index contributed by atoms with van der Waals surface area (Å²) in [5, 5.41) is 28.5. The van der Waals surface area contributed by atoms with Crippen LogP contribution in [0.4, 0.5) is 0 Å². The van der Waals surface area contributed by atoms with E-state index in [0.717, 1.165) is 12.1 Å². The van der Waals surface area contributed by atoms with Gasteiger partial charge in [0, 0.05) is 16.1 Å². The number of halogens is 1. The molecule has 0 amide bonds. The fourth-order valence-electron chi connectivity index (χ4n) is 1.22. The Morgan fingerprint density at radius 2 is 2.10 bits per heavy atom. The normalized spacial score (nSPS) is 10.4. The van der Waals surface area contributed by atoms with E-state index in [9.17, 15) is 18.8 Å². The maximum atomic E-state index is 11.5. The van der Waals surface area contributed by atoms with Crippen molar-refractivity contribution in [1.82, 2.24) is 0 Å². The molecule has 0 bridgehead atoms. The van der Waals surface area contributed by atoms with Gasteiger partial charge in [0.25, 0.3) is 0 Å². The van der Waals surface area contributed by atoms with E-state index < -0.39 is 16.7 Å². The number of nitrogens with zero attached hydrogens (tertiary/aromatic N) is 1. The van der Waals surface area contributed by atoms with Crippen molar-refractivity contribution in [3.8, 4) is 17.6 Å². The van der Waals surface area contributed by atoms with E-state index >= 15 is 0 Å². The van der Waals surface area contributed by atoms with Gasteiger partial charge >= 0.3 is 39.7 Å². The minimum atomic E-state index is -3.82. The molecule has 0 fully saturated rings. The molecule has 1 aromatic rings. The van der Waals surface area contributed by atoms with Crippen molar-refractivity contribution in [3.05, 3.63) is 23.3 Å². The molecule has 0 aliphatic rings. The Morgan fingerprint density at radius 1 is 1.45 bits per heavy atom. The molecule has 0 spiro atoms. The van der Waals surface area contributed by atoms with E-state index in [1.54, 1.807) is 6.07 Å². The third-order valence-electron chi connectivity index (χ3n) is 2.06. The number of rotatable bonds is 6. The van der Waals surface area contributed by atoms with E-state index in [-0.39, 0.29) is 57.9 Å². The van der Waals surface area contributed by atoms with Crippen molar-refractivity contribution in [3.63, 3.8) is 0 Å². The Morgan fingerprint density at radius 3 is 2.60 bits per heavy atom. The van der Waals surface area contributed by atoms with E-state index in [0.29, 0.717) is 4.43 Å². The number of nitriles is 1. The molecule has 20 heavy (non-hydrogen) atoms. The van der Waals surface area contributed by atoms with Crippen LogP contribution in [0, 0.1) is 11.3 Å². The summed E-state index contributed by atoms with van der Waals surface area (Å²) in [5.41, 5.74) is -0.0351. The van der Waals surface area contributed by atoms with Gasteiger partial charge in [-0.2, -0.15) is 13.7 Å². The van der Waals surface area contributed by atoms with Crippen LogP contribution in [-0.4, -0.2) is 23.7 Å². The SMILES string of the molecule is N#Cc1cc(CO[O-])c(O)cc1OS(=O)(=O)CCI.[Na+]. The molecule has 0 aromatic heterocycles. The van der Waals surface area contributed by atoms with Crippen molar-refractivity contribution < 1.29 is 57.4 Å². The summed E-state index contributed by atoms with van der Waals surface area (Å²) in [6, 6.07) is 3.84. The molecule has 7 nitrogen and oxygen atoms in total. The largest absolute Gasteiger partial charge is 1.00 e. The number of phenols is 1. The average Bonchev–Trinajstić information content (AvgIpc) is 2.32. The van der Waals surface area contributed by atoms with Gasteiger partial charge in [0.05, 0.1) is 17.9 Å². The van der Waals surface area contributed by atoms with Crippen LogP contribution in [0.25, 0.3) is 0 Å². The molecule has 104 valence electrons. The number of hydrogen-bond acceptors (Lipinski definition) is 7. The molecule has 1 N–H and O–H groups in total. The predicted molar refractivity (Wildman–Crippen MR) is 70.9 cm³/mol. The standard InChI is InChI=1S/C10H10INO6S.Na/c11-1-2-19(15,16)18-10-4-9(13)8(6-17-14)3-7(10)5-12;/h3-4,13-14H,1-2,6H2;/q;+1/p-1. The number of aromatic hydroxyl groups is 1. The van der Waals surface area contributed by atoms with Crippen LogP contribution < -0.4 is 39.0 Å². The molecule has 0 saturated carbocycles. The third-order valence-corrected chi connectivity index (χ3v) is 4.47. The monoisotopic (exact) mass is 421 g/mol. The smallest absolute Gasteiger partial charge is 0.723 e. The third kappa shape index (κ3) is 5.72. The molecule has 0 saturated heterocycles. The second kappa shape index (κ2) is 9.04. The van der Waals surface area contributed by atoms with Crippen LogP contribution in [0.15, 0.2) is 12.1 Å². The Kier molecular flexibility index (Phi) is 8.99. The van der Waals surface area contributed by atoms with Gasteiger partial charge in [-0.1, -0.05) is 22.6 Å². The van der Waals surface area contributed by atoms with Gasteiger partial charge in [0.2, 0.25) is 0 Å².